The van der Waals surface area contributed by atoms with E-state index < -0.39 is 0 Å². The molecule has 0 spiro atoms. The first-order valence-electron chi connectivity index (χ1n) is 12.4. The first-order valence-corrected chi connectivity index (χ1v) is 13.6. The highest BCUT2D eigenvalue weighted by Crippen LogP contribution is 2.37. The molecule has 1 amide bonds. The van der Waals surface area contributed by atoms with E-state index in [1.165, 1.54) is 73.0 Å². The van der Waals surface area contributed by atoms with Crippen LogP contribution in [0.4, 0.5) is 0 Å². The van der Waals surface area contributed by atoms with Gasteiger partial charge in [-0.05, 0) is 94.0 Å². The van der Waals surface area contributed by atoms with Crippen molar-refractivity contribution < 1.29 is 4.79 Å². The summed E-state index contributed by atoms with van der Waals surface area (Å²) in [6, 6.07) is 7.42. The molecule has 3 heterocycles. The smallest absolute Gasteiger partial charge is 0.226 e. The normalized spacial score (nSPS) is 26.8. The Morgan fingerprint density at radius 1 is 1.10 bits per heavy atom. The molecule has 5 heteroatoms. The van der Waals surface area contributed by atoms with Crippen molar-refractivity contribution in [3.63, 3.8) is 0 Å². The molecule has 5 rings (SSSR count). The molecule has 3 aliphatic rings. The molecule has 0 unspecified atom stereocenters. The summed E-state index contributed by atoms with van der Waals surface area (Å²) < 4.78 is 0. The Bertz CT molecular complexity index is 909. The Labute approximate surface area is 191 Å². The molecule has 0 radical (unpaired) electrons. The molecule has 1 aliphatic carbocycles. The first-order chi connectivity index (χ1) is 15.2. The molecule has 3 atom stereocenters. The van der Waals surface area contributed by atoms with E-state index in [0.29, 0.717) is 23.8 Å². The third-order valence-electron chi connectivity index (χ3n) is 8.05. The summed E-state index contributed by atoms with van der Waals surface area (Å²) >= 11 is 1.82. The van der Waals surface area contributed by atoms with Gasteiger partial charge in [-0.3, -0.25) is 4.79 Å². The van der Waals surface area contributed by atoms with Gasteiger partial charge in [0.15, 0.2) is 0 Å². The lowest BCUT2D eigenvalue weighted by molar-refractivity contribution is -0.131. The number of benzene rings is 1. The van der Waals surface area contributed by atoms with Crippen molar-refractivity contribution in [3.8, 4) is 0 Å². The number of thioether (sulfide) groups is 1. The number of nitrogens with zero attached hydrogens (tertiary/aromatic N) is 2. The van der Waals surface area contributed by atoms with Crippen LogP contribution in [0.2, 0.25) is 0 Å². The summed E-state index contributed by atoms with van der Waals surface area (Å²) in [6.07, 6.45) is 15.5. The molecule has 1 saturated carbocycles. The van der Waals surface area contributed by atoms with Crippen LogP contribution >= 0.6 is 11.8 Å². The van der Waals surface area contributed by atoms with E-state index in [9.17, 15) is 4.79 Å². The molecule has 1 aromatic carbocycles. The van der Waals surface area contributed by atoms with Crippen LogP contribution in [-0.4, -0.2) is 59.2 Å². The van der Waals surface area contributed by atoms with E-state index in [-0.39, 0.29) is 0 Å². The molecule has 2 aliphatic heterocycles. The quantitative estimate of drug-likeness (QED) is 0.447. The SMILES string of the molecule is CSc1ccc2[nH]cc(C[C@H]3CCCN3CCCCN3C[C@@H]4CCCC[C@@H]4C3=O)c2c1. The second-order valence-corrected chi connectivity index (χ2v) is 10.8. The van der Waals surface area contributed by atoms with Gasteiger partial charge in [-0.15, -0.1) is 11.8 Å². The van der Waals surface area contributed by atoms with Crippen LogP contribution in [-0.2, 0) is 11.2 Å². The summed E-state index contributed by atoms with van der Waals surface area (Å²) in [5, 5.41) is 1.40. The molecule has 4 nitrogen and oxygen atoms in total. The molecular formula is C26H37N3OS. The maximum absolute atomic E-state index is 12.7. The van der Waals surface area contributed by atoms with Gasteiger partial charge in [0.25, 0.3) is 0 Å². The number of fused-ring (bicyclic) bond motifs is 2. The Morgan fingerprint density at radius 3 is 2.84 bits per heavy atom. The fraction of sp³-hybridized carbons (Fsp3) is 0.654. The van der Waals surface area contributed by atoms with E-state index in [0.717, 1.165) is 32.4 Å². The maximum atomic E-state index is 12.7. The van der Waals surface area contributed by atoms with Gasteiger partial charge in [0.1, 0.15) is 0 Å². The predicted octanol–water partition coefficient (Wildman–Crippen LogP) is 5.33. The number of amides is 1. The number of carbonyl (C=O) groups excluding carboxylic acids is 1. The third kappa shape index (κ3) is 4.54. The summed E-state index contributed by atoms with van der Waals surface area (Å²) in [4.78, 5) is 22.4. The van der Waals surface area contributed by atoms with E-state index in [4.69, 9.17) is 0 Å². The minimum Gasteiger partial charge on any atom is -0.361 e. The molecule has 1 aromatic heterocycles. The number of carbonyl (C=O) groups is 1. The Hall–Kier alpha value is -1.46. The highest BCUT2D eigenvalue weighted by Gasteiger charge is 2.40. The molecule has 168 valence electrons. The number of aromatic amines is 1. The van der Waals surface area contributed by atoms with E-state index in [1.54, 1.807) is 0 Å². The zero-order valence-electron chi connectivity index (χ0n) is 18.9. The average molecular weight is 440 g/mol. The summed E-state index contributed by atoms with van der Waals surface area (Å²) in [5.74, 6) is 1.49. The van der Waals surface area contributed by atoms with Gasteiger partial charge in [-0.25, -0.2) is 0 Å². The number of rotatable bonds is 8. The number of nitrogens with one attached hydrogen (secondary N) is 1. The van der Waals surface area contributed by atoms with E-state index >= 15 is 0 Å². The minimum atomic E-state index is 0.361. The van der Waals surface area contributed by atoms with Gasteiger partial charge in [0, 0.05) is 47.0 Å². The molecule has 2 aromatic rings. The summed E-state index contributed by atoms with van der Waals surface area (Å²) in [5.41, 5.74) is 2.72. The second-order valence-electron chi connectivity index (χ2n) is 9.90. The number of aromatic nitrogens is 1. The Balaban J connectivity index is 1.12. The van der Waals surface area contributed by atoms with Gasteiger partial charge in [0.2, 0.25) is 5.91 Å². The lowest BCUT2D eigenvalue weighted by atomic mass is 9.81. The zero-order valence-corrected chi connectivity index (χ0v) is 19.8. The Morgan fingerprint density at radius 2 is 1.97 bits per heavy atom. The topological polar surface area (TPSA) is 39.3 Å². The zero-order chi connectivity index (χ0) is 21.2. The lowest BCUT2D eigenvalue weighted by Crippen LogP contribution is -2.33. The highest BCUT2D eigenvalue weighted by molar-refractivity contribution is 7.98. The monoisotopic (exact) mass is 439 g/mol. The predicted molar refractivity (Wildman–Crippen MR) is 130 cm³/mol. The Kier molecular flexibility index (Phi) is 6.61. The van der Waals surface area contributed by atoms with Crippen LogP contribution in [0.5, 0.6) is 0 Å². The molecule has 2 saturated heterocycles. The molecule has 0 bridgehead atoms. The fourth-order valence-electron chi connectivity index (χ4n) is 6.31. The van der Waals surface area contributed by atoms with Crippen LogP contribution in [0.15, 0.2) is 29.3 Å². The number of unbranched alkanes of at least 4 members (excludes halogenated alkanes) is 1. The highest BCUT2D eigenvalue weighted by atomic mass is 32.2. The van der Waals surface area contributed by atoms with Crippen molar-refractivity contribution in [2.24, 2.45) is 11.8 Å². The van der Waals surface area contributed by atoms with Gasteiger partial charge < -0.3 is 14.8 Å². The van der Waals surface area contributed by atoms with Gasteiger partial charge in [-0.1, -0.05) is 12.8 Å². The van der Waals surface area contributed by atoms with Crippen molar-refractivity contribution in [1.82, 2.24) is 14.8 Å². The van der Waals surface area contributed by atoms with Crippen molar-refractivity contribution in [3.05, 3.63) is 30.0 Å². The van der Waals surface area contributed by atoms with Gasteiger partial charge in [0.05, 0.1) is 0 Å². The number of H-pyrrole nitrogens is 1. The molecular weight excluding hydrogens is 402 g/mol. The second kappa shape index (κ2) is 9.58. The molecule has 3 fully saturated rings. The first kappa shape index (κ1) is 21.4. The van der Waals surface area contributed by atoms with Crippen molar-refractivity contribution >= 4 is 28.6 Å². The van der Waals surface area contributed by atoms with Crippen molar-refractivity contribution in [1.29, 1.82) is 0 Å². The van der Waals surface area contributed by atoms with Crippen LogP contribution < -0.4 is 0 Å². The number of likely N-dealkylation sites (tertiary alicyclic amines) is 2. The maximum Gasteiger partial charge on any atom is 0.226 e. The summed E-state index contributed by atoms with van der Waals surface area (Å²) in [6.45, 7) is 4.42. The lowest BCUT2D eigenvalue weighted by Gasteiger charge is -2.25. The number of hydrogen-bond acceptors (Lipinski definition) is 3. The van der Waals surface area contributed by atoms with Crippen LogP contribution in [0, 0.1) is 11.8 Å². The largest absolute Gasteiger partial charge is 0.361 e. The van der Waals surface area contributed by atoms with Crippen LogP contribution in [0.1, 0.15) is 56.9 Å². The fourth-order valence-corrected chi connectivity index (χ4v) is 6.75. The third-order valence-corrected chi connectivity index (χ3v) is 8.77. The van der Waals surface area contributed by atoms with Crippen LogP contribution in [0.3, 0.4) is 0 Å². The molecule has 1 N–H and O–H groups in total. The average Bonchev–Trinajstić information content (AvgIpc) is 3.50. The van der Waals surface area contributed by atoms with E-state index in [1.807, 2.05) is 11.8 Å². The van der Waals surface area contributed by atoms with Gasteiger partial charge in [-0.2, -0.15) is 0 Å². The van der Waals surface area contributed by atoms with Crippen molar-refractivity contribution in [2.75, 3.05) is 32.4 Å². The minimum absolute atomic E-state index is 0.361. The number of hydrogen-bond donors (Lipinski definition) is 1. The standard InChI is InChI=1S/C26H37N3OS/c1-31-22-10-11-25-24(16-22)20(17-27-25)15-21-8-6-14-28(21)12-4-5-13-29-18-19-7-2-3-9-23(19)26(29)30/h10-11,16-17,19,21,23,27H,2-9,12-15,18H2,1H3/t19-,21+,23-/m0/s1. The van der Waals surface area contributed by atoms with E-state index in [2.05, 4.69) is 45.4 Å². The van der Waals surface area contributed by atoms with Crippen LogP contribution in [0.25, 0.3) is 10.9 Å². The summed E-state index contributed by atoms with van der Waals surface area (Å²) in [7, 11) is 0. The van der Waals surface area contributed by atoms with Gasteiger partial charge >= 0.3 is 0 Å². The van der Waals surface area contributed by atoms with Crippen molar-refractivity contribution in [2.45, 2.75) is 68.7 Å². The molecule has 31 heavy (non-hydrogen) atoms.